The fourth-order valence-corrected chi connectivity index (χ4v) is 5.70. The van der Waals surface area contributed by atoms with Gasteiger partial charge in [0.15, 0.2) is 18.1 Å². The molecule has 0 aliphatic rings. The van der Waals surface area contributed by atoms with Gasteiger partial charge in [0, 0.05) is 6.07 Å². The van der Waals surface area contributed by atoms with E-state index in [0.29, 0.717) is 22.8 Å². The van der Waals surface area contributed by atoms with E-state index in [-0.39, 0.29) is 29.1 Å². The Bertz CT molecular complexity index is 1720. The first-order valence-corrected chi connectivity index (χ1v) is 15.3. The summed E-state index contributed by atoms with van der Waals surface area (Å²) in [4.78, 5) is 25.2. The number of amides is 2. The zero-order valence-electron chi connectivity index (χ0n) is 25.0. The maximum atomic E-state index is 13.6. The molecule has 11 nitrogen and oxygen atoms in total. The summed E-state index contributed by atoms with van der Waals surface area (Å²) >= 11 is 0. The Labute approximate surface area is 262 Å². The number of hydrazone groups is 1. The second-order valence-electron chi connectivity index (χ2n) is 9.71. The largest absolute Gasteiger partial charge is 0.493 e. The quantitative estimate of drug-likeness (QED) is 0.157. The van der Waals surface area contributed by atoms with E-state index < -0.39 is 22.5 Å². The van der Waals surface area contributed by atoms with E-state index in [2.05, 4.69) is 15.8 Å². The van der Waals surface area contributed by atoms with Crippen molar-refractivity contribution in [3.63, 3.8) is 0 Å². The molecule has 2 N–H and O–H groups in total. The van der Waals surface area contributed by atoms with Gasteiger partial charge in [0.25, 0.3) is 21.8 Å². The Morgan fingerprint density at radius 3 is 2.13 bits per heavy atom. The zero-order valence-corrected chi connectivity index (χ0v) is 25.9. The van der Waals surface area contributed by atoms with Gasteiger partial charge in [-0.1, -0.05) is 48.5 Å². The SMILES string of the molecule is COc1ccc(N(CC(=O)N/N=C\c2ccc(OCC(=O)N[C@@H](C)c3ccccc3)cc2)S(=O)(=O)c2ccccc2)cc1OC. The first-order chi connectivity index (χ1) is 21.7. The van der Waals surface area contributed by atoms with Gasteiger partial charge in [-0.2, -0.15) is 5.10 Å². The van der Waals surface area contributed by atoms with Gasteiger partial charge in [-0.3, -0.25) is 13.9 Å². The highest BCUT2D eigenvalue weighted by Gasteiger charge is 2.28. The molecular weight excluding hydrogens is 596 g/mol. The minimum Gasteiger partial charge on any atom is -0.493 e. The number of carbonyl (C=O) groups is 2. The third-order valence-corrected chi connectivity index (χ3v) is 8.39. The van der Waals surface area contributed by atoms with Crippen molar-refractivity contribution in [2.45, 2.75) is 17.9 Å². The summed E-state index contributed by atoms with van der Waals surface area (Å²) in [6.45, 7) is 1.20. The molecule has 0 saturated carbocycles. The molecule has 0 unspecified atom stereocenters. The molecule has 12 heteroatoms. The Balaban J connectivity index is 1.36. The van der Waals surface area contributed by atoms with Crippen LogP contribution in [0.1, 0.15) is 24.1 Å². The second-order valence-corrected chi connectivity index (χ2v) is 11.6. The molecule has 0 aliphatic carbocycles. The highest BCUT2D eigenvalue weighted by molar-refractivity contribution is 7.92. The fraction of sp³-hybridized carbons (Fsp3) is 0.182. The van der Waals surface area contributed by atoms with Crippen molar-refractivity contribution < 1.29 is 32.2 Å². The summed E-state index contributed by atoms with van der Waals surface area (Å²) in [5.74, 6) is 0.268. The number of hydrogen-bond acceptors (Lipinski definition) is 8. The van der Waals surface area contributed by atoms with Crippen molar-refractivity contribution in [1.29, 1.82) is 0 Å². The van der Waals surface area contributed by atoms with Gasteiger partial charge >= 0.3 is 0 Å². The number of hydrogen-bond donors (Lipinski definition) is 2. The predicted molar refractivity (Wildman–Crippen MR) is 171 cm³/mol. The number of benzene rings is 4. The van der Waals surface area contributed by atoms with E-state index in [9.17, 15) is 18.0 Å². The van der Waals surface area contributed by atoms with Crippen LogP contribution in [0.4, 0.5) is 5.69 Å². The van der Waals surface area contributed by atoms with E-state index >= 15 is 0 Å². The van der Waals surface area contributed by atoms with E-state index in [1.165, 1.54) is 44.7 Å². The molecule has 0 bridgehead atoms. The molecule has 4 rings (SSSR count). The molecule has 0 saturated heterocycles. The van der Waals surface area contributed by atoms with E-state index in [1.807, 2.05) is 37.3 Å². The molecule has 4 aromatic carbocycles. The molecule has 4 aromatic rings. The van der Waals surface area contributed by atoms with Crippen LogP contribution >= 0.6 is 0 Å². The van der Waals surface area contributed by atoms with Gasteiger partial charge in [0.2, 0.25) is 0 Å². The summed E-state index contributed by atoms with van der Waals surface area (Å²) in [5, 5.41) is 6.86. The average molecular weight is 631 g/mol. The number of carbonyl (C=O) groups excluding carboxylic acids is 2. The first-order valence-electron chi connectivity index (χ1n) is 13.9. The summed E-state index contributed by atoms with van der Waals surface area (Å²) in [5.41, 5.74) is 4.21. The van der Waals surface area contributed by atoms with Crippen LogP contribution in [0.5, 0.6) is 17.2 Å². The van der Waals surface area contributed by atoms with Crippen molar-refractivity contribution in [2.24, 2.45) is 5.10 Å². The van der Waals surface area contributed by atoms with Crippen molar-refractivity contribution >= 4 is 33.7 Å². The smallest absolute Gasteiger partial charge is 0.264 e. The van der Waals surface area contributed by atoms with Crippen molar-refractivity contribution in [3.05, 3.63) is 114 Å². The number of rotatable bonds is 14. The Kier molecular flexibility index (Phi) is 11.1. The van der Waals surface area contributed by atoms with Gasteiger partial charge in [-0.05, 0) is 66.6 Å². The van der Waals surface area contributed by atoms with Gasteiger partial charge in [-0.25, -0.2) is 13.8 Å². The monoisotopic (exact) mass is 630 g/mol. The number of ether oxygens (including phenoxy) is 3. The van der Waals surface area contributed by atoms with Crippen LogP contribution in [0.2, 0.25) is 0 Å². The van der Waals surface area contributed by atoms with Crippen LogP contribution in [-0.2, 0) is 19.6 Å². The molecule has 2 amide bonds. The molecule has 0 spiro atoms. The van der Waals surface area contributed by atoms with Gasteiger partial charge < -0.3 is 19.5 Å². The third kappa shape index (κ3) is 8.83. The third-order valence-electron chi connectivity index (χ3n) is 6.60. The maximum Gasteiger partial charge on any atom is 0.264 e. The molecule has 0 aromatic heterocycles. The number of nitrogens with zero attached hydrogens (tertiary/aromatic N) is 2. The molecule has 1 atom stereocenters. The van der Waals surface area contributed by atoms with E-state index in [0.717, 1.165) is 9.87 Å². The molecule has 0 radical (unpaired) electrons. The lowest BCUT2D eigenvalue weighted by atomic mass is 10.1. The minimum atomic E-state index is -4.13. The highest BCUT2D eigenvalue weighted by Crippen LogP contribution is 2.33. The number of sulfonamides is 1. The van der Waals surface area contributed by atoms with Gasteiger partial charge in [0.1, 0.15) is 12.3 Å². The zero-order chi connectivity index (χ0) is 32.2. The summed E-state index contributed by atoms with van der Waals surface area (Å²) < 4.78 is 44.3. The van der Waals surface area contributed by atoms with Crippen LogP contribution in [0.15, 0.2) is 113 Å². The van der Waals surface area contributed by atoms with Crippen LogP contribution in [0.25, 0.3) is 0 Å². The normalized spacial score (nSPS) is 11.8. The molecule has 234 valence electrons. The number of nitrogens with one attached hydrogen (secondary N) is 2. The Morgan fingerprint density at radius 1 is 0.844 bits per heavy atom. The minimum absolute atomic E-state index is 0.0154. The lowest BCUT2D eigenvalue weighted by molar-refractivity contribution is -0.123. The Hall–Kier alpha value is -5.36. The van der Waals surface area contributed by atoms with Crippen LogP contribution < -0.4 is 29.3 Å². The predicted octanol–water partition coefficient (Wildman–Crippen LogP) is 4.31. The van der Waals surface area contributed by atoms with Gasteiger partial charge in [0.05, 0.1) is 37.1 Å². The summed E-state index contributed by atoms with van der Waals surface area (Å²) in [6.07, 6.45) is 1.41. The van der Waals surface area contributed by atoms with Crippen LogP contribution in [0, 0.1) is 0 Å². The first kappa shape index (κ1) is 32.6. The van der Waals surface area contributed by atoms with Crippen molar-refractivity contribution in [1.82, 2.24) is 10.7 Å². The number of anilines is 1. The average Bonchev–Trinajstić information content (AvgIpc) is 3.07. The van der Waals surface area contributed by atoms with Crippen molar-refractivity contribution in [2.75, 3.05) is 31.7 Å². The molecule has 0 fully saturated rings. The Morgan fingerprint density at radius 2 is 1.49 bits per heavy atom. The molecule has 0 heterocycles. The summed E-state index contributed by atoms with van der Waals surface area (Å²) in [6, 6.07) is 28.6. The molecular formula is C33H34N4O7S. The van der Waals surface area contributed by atoms with Crippen LogP contribution in [0.3, 0.4) is 0 Å². The van der Waals surface area contributed by atoms with E-state index in [1.54, 1.807) is 48.5 Å². The summed E-state index contributed by atoms with van der Waals surface area (Å²) in [7, 11) is -1.23. The second kappa shape index (κ2) is 15.4. The highest BCUT2D eigenvalue weighted by atomic mass is 32.2. The van der Waals surface area contributed by atoms with Crippen molar-refractivity contribution in [3.8, 4) is 17.2 Å². The van der Waals surface area contributed by atoms with Gasteiger partial charge in [-0.15, -0.1) is 0 Å². The topological polar surface area (TPSA) is 136 Å². The lowest BCUT2D eigenvalue weighted by Gasteiger charge is -2.24. The van der Waals surface area contributed by atoms with Crippen LogP contribution in [-0.4, -0.2) is 53.8 Å². The maximum absolute atomic E-state index is 13.6. The fourth-order valence-electron chi connectivity index (χ4n) is 4.27. The standard InChI is InChI=1S/C33H34N4O7S/c1-24(26-10-6-4-7-11-26)35-33(39)23-44-28-17-14-25(15-18-28)21-34-36-32(38)22-37(45(40,41)29-12-8-5-9-13-29)27-16-19-30(42-2)31(20-27)43-3/h4-21,24H,22-23H2,1-3H3,(H,35,39)(H,36,38)/b34-21-/t24-/m0/s1. The lowest BCUT2D eigenvalue weighted by Crippen LogP contribution is -2.39. The van der Waals surface area contributed by atoms with E-state index in [4.69, 9.17) is 14.2 Å². The number of methoxy groups -OCH3 is 2. The molecule has 45 heavy (non-hydrogen) atoms. The molecule has 0 aliphatic heterocycles.